The first-order valence-electron chi connectivity index (χ1n) is 8.62. The Kier molecular flexibility index (Phi) is 7.96. The van der Waals surface area contributed by atoms with Gasteiger partial charge < -0.3 is 15.4 Å². The topological polar surface area (TPSA) is 67.4 Å². The maximum Gasteiger partial charge on any atom is 0.255 e. The van der Waals surface area contributed by atoms with Crippen LogP contribution < -0.4 is 15.4 Å². The summed E-state index contributed by atoms with van der Waals surface area (Å²) < 4.78 is 5.78. The predicted molar refractivity (Wildman–Crippen MR) is 102 cm³/mol. The summed E-state index contributed by atoms with van der Waals surface area (Å²) in [5.74, 6) is 0.124. The van der Waals surface area contributed by atoms with Gasteiger partial charge in [0.1, 0.15) is 12.4 Å². The summed E-state index contributed by atoms with van der Waals surface area (Å²) in [5.41, 5.74) is 1.27. The van der Waals surface area contributed by atoms with Crippen molar-refractivity contribution in [3.05, 3.63) is 64.7 Å². The minimum absolute atomic E-state index is 0.0737. The van der Waals surface area contributed by atoms with Crippen molar-refractivity contribution in [2.75, 3.05) is 13.1 Å². The average Bonchev–Trinajstić information content (AvgIpc) is 2.66. The summed E-state index contributed by atoms with van der Waals surface area (Å²) in [4.78, 5) is 24.0. The Balaban J connectivity index is 1.92. The largest absolute Gasteiger partial charge is 0.488 e. The fourth-order valence-corrected chi connectivity index (χ4v) is 2.48. The van der Waals surface area contributed by atoms with E-state index in [1.54, 1.807) is 30.3 Å². The molecule has 2 aromatic carbocycles. The molecule has 0 aliphatic carbocycles. The fraction of sp³-hybridized carbons (Fsp3) is 0.300. The van der Waals surface area contributed by atoms with Crippen molar-refractivity contribution in [3.63, 3.8) is 0 Å². The van der Waals surface area contributed by atoms with Gasteiger partial charge in [-0.3, -0.25) is 9.59 Å². The summed E-state index contributed by atoms with van der Waals surface area (Å²) in [6, 6.07) is 14.4. The molecule has 0 unspecified atom stereocenters. The second-order valence-electron chi connectivity index (χ2n) is 5.73. The standard InChI is InChI=1S/C20H23ClN2O3/c1-2-12-22-19(24)11-13-23-20(25)16-8-4-6-10-18(16)26-14-15-7-3-5-9-17(15)21/h3-10H,2,11-14H2,1H3,(H,22,24)(H,23,25). The number of benzene rings is 2. The highest BCUT2D eigenvalue weighted by Gasteiger charge is 2.13. The number of carbonyl (C=O) groups is 2. The van der Waals surface area contributed by atoms with Crippen LogP contribution >= 0.6 is 11.6 Å². The zero-order valence-electron chi connectivity index (χ0n) is 14.8. The maximum atomic E-state index is 12.4. The zero-order chi connectivity index (χ0) is 18.8. The molecule has 0 spiro atoms. The van der Waals surface area contributed by atoms with Crippen molar-refractivity contribution < 1.29 is 14.3 Å². The molecule has 2 N–H and O–H groups in total. The Morgan fingerprint density at radius 1 is 1.00 bits per heavy atom. The molecule has 0 atom stereocenters. The Morgan fingerprint density at radius 3 is 2.50 bits per heavy atom. The van der Waals surface area contributed by atoms with E-state index < -0.39 is 0 Å². The van der Waals surface area contributed by atoms with Crippen molar-refractivity contribution in [1.82, 2.24) is 10.6 Å². The number of nitrogens with one attached hydrogen (secondary N) is 2. The van der Waals surface area contributed by atoms with E-state index in [0.29, 0.717) is 22.9 Å². The molecule has 0 fully saturated rings. The molecule has 0 radical (unpaired) electrons. The van der Waals surface area contributed by atoms with Crippen LogP contribution in [-0.4, -0.2) is 24.9 Å². The molecule has 0 saturated carbocycles. The van der Waals surface area contributed by atoms with E-state index in [1.807, 2.05) is 25.1 Å². The molecule has 26 heavy (non-hydrogen) atoms. The van der Waals surface area contributed by atoms with Gasteiger partial charge in [0.05, 0.1) is 5.56 Å². The third kappa shape index (κ3) is 6.08. The number of carbonyl (C=O) groups excluding carboxylic acids is 2. The number of para-hydroxylation sites is 1. The lowest BCUT2D eigenvalue weighted by Gasteiger charge is -2.12. The van der Waals surface area contributed by atoms with Crippen molar-refractivity contribution in [3.8, 4) is 5.75 Å². The smallest absolute Gasteiger partial charge is 0.255 e. The number of hydrogen-bond acceptors (Lipinski definition) is 3. The molecule has 0 aromatic heterocycles. The maximum absolute atomic E-state index is 12.4. The van der Waals surface area contributed by atoms with E-state index in [2.05, 4.69) is 10.6 Å². The molecular weight excluding hydrogens is 352 g/mol. The van der Waals surface area contributed by atoms with Gasteiger partial charge in [-0.2, -0.15) is 0 Å². The summed E-state index contributed by atoms with van der Waals surface area (Å²) in [6.07, 6.45) is 1.13. The van der Waals surface area contributed by atoms with Crippen molar-refractivity contribution in [1.29, 1.82) is 0 Å². The highest BCUT2D eigenvalue weighted by molar-refractivity contribution is 6.31. The van der Waals surface area contributed by atoms with E-state index >= 15 is 0 Å². The molecular formula is C20H23ClN2O3. The zero-order valence-corrected chi connectivity index (χ0v) is 15.5. The van der Waals surface area contributed by atoms with Crippen LogP contribution in [0.25, 0.3) is 0 Å². The summed E-state index contributed by atoms with van der Waals surface area (Å²) in [5, 5.41) is 6.14. The molecule has 138 valence electrons. The first-order valence-corrected chi connectivity index (χ1v) is 8.99. The van der Waals surface area contributed by atoms with Gasteiger partial charge in [0.25, 0.3) is 5.91 Å². The average molecular weight is 375 g/mol. The lowest BCUT2D eigenvalue weighted by molar-refractivity contribution is -0.120. The molecule has 0 aliphatic rings. The van der Waals surface area contributed by atoms with Gasteiger partial charge in [0.15, 0.2) is 0 Å². The van der Waals surface area contributed by atoms with Crippen LogP contribution in [0.5, 0.6) is 5.75 Å². The molecule has 0 saturated heterocycles. The molecule has 0 bridgehead atoms. The highest BCUT2D eigenvalue weighted by atomic mass is 35.5. The van der Waals surface area contributed by atoms with Gasteiger partial charge in [-0.1, -0.05) is 48.9 Å². The number of amides is 2. The van der Waals surface area contributed by atoms with Crippen molar-refractivity contribution >= 4 is 23.4 Å². The SMILES string of the molecule is CCCNC(=O)CCNC(=O)c1ccccc1OCc1ccccc1Cl. The van der Waals surface area contributed by atoms with E-state index in [9.17, 15) is 9.59 Å². The Hall–Kier alpha value is -2.53. The Morgan fingerprint density at radius 2 is 1.73 bits per heavy atom. The Bertz CT molecular complexity index is 749. The number of halogens is 1. The van der Waals surface area contributed by atoms with Crippen LogP contribution in [0.1, 0.15) is 35.7 Å². The van der Waals surface area contributed by atoms with Crippen molar-refractivity contribution in [2.24, 2.45) is 0 Å². The molecule has 0 aliphatic heterocycles. The summed E-state index contributed by atoms with van der Waals surface area (Å²) in [7, 11) is 0. The number of ether oxygens (including phenoxy) is 1. The minimum Gasteiger partial charge on any atom is -0.488 e. The Labute approximate surface area is 158 Å². The third-order valence-corrected chi connectivity index (χ3v) is 4.05. The minimum atomic E-state index is -0.275. The van der Waals surface area contributed by atoms with E-state index in [-0.39, 0.29) is 31.4 Å². The van der Waals surface area contributed by atoms with Gasteiger partial charge in [-0.05, 0) is 24.6 Å². The van der Waals surface area contributed by atoms with Crippen LogP contribution in [0.15, 0.2) is 48.5 Å². The highest BCUT2D eigenvalue weighted by Crippen LogP contribution is 2.22. The lowest BCUT2D eigenvalue weighted by Crippen LogP contribution is -2.31. The fourth-order valence-electron chi connectivity index (χ4n) is 2.29. The van der Waals surface area contributed by atoms with Gasteiger partial charge in [0, 0.05) is 30.1 Å². The monoisotopic (exact) mass is 374 g/mol. The first-order chi connectivity index (χ1) is 12.6. The van der Waals surface area contributed by atoms with E-state index in [1.165, 1.54) is 0 Å². The van der Waals surface area contributed by atoms with Crippen LogP contribution in [0.4, 0.5) is 0 Å². The quantitative estimate of drug-likeness (QED) is 0.705. The summed E-state index contributed by atoms with van der Waals surface area (Å²) >= 11 is 6.13. The number of hydrogen-bond donors (Lipinski definition) is 2. The van der Waals surface area contributed by atoms with Gasteiger partial charge in [-0.15, -0.1) is 0 Å². The second-order valence-corrected chi connectivity index (χ2v) is 6.14. The van der Waals surface area contributed by atoms with Gasteiger partial charge in [-0.25, -0.2) is 0 Å². The van der Waals surface area contributed by atoms with Crippen LogP contribution in [0, 0.1) is 0 Å². The molecule has 5 nitrogen and oxygen atoms in total. The molecule has 6 heteroatoms. The van der Waals surface area contributed by atoms with Crippen LogP contribution in [0.2, 0.25) is 5.02 Å². The van der Waals surface area contributed by atoms with Gasteiger partial charge in [0.2, 0.25) is 5.91 Å². The molecule has 2 amide bonds. The predicted octanol–water partition coefficient (Wildman–Crippen LogP) is 3.57. The lowest BCUT2D eigenvalue weighted by atomic mass is 10.2. The van der Waals surface area contributed by atoms with Crippen LogP contribution in [0.3, 0.4) is 0 Å². The third-order valence-electron chi connectivity index (χ3n) is 3.68. The van der Waals surface area contributed by atoms with E-state index in [4.69, 9.17) is 16.3 Å². The molecule has 2 aromatic rings. The normalized spacial score (nSPS) is 10.2. The van der Waals surface area contributed by atoms with Crippen molar-refractivity contribution in [2.45, 2.75) is 26.4 Å². The molecule has 2 rings (SSSR count). The van der Waals surface area contributed by atoms with E-state index in [0.717, 1.165) is 12.0 Å². The second kappa shape index (κ2) is 10.5. The number of rotatable bonds is 9. The first kappa shape index (κ1) is 19.8. The van der Waals surface area contributed by atoms with Crippen LogP contribution in [-0.2, 0) is 11.4 Å². The molecule has 0 heterocycles. The van der Waals surface area contributed by atoms with Gasteiger partial charge >= 0.3 is 0 Å². The summed E-state index contributed by atoms with van der Waals surface area (Å²) in [6.45, 7) is 3.17.